The number of fused-ring (bicyclic) bond motifs is 1. The van der Waals surface area contributed by atoms with E-state index in [9.17, 15) is 4.79 Å². The molecule has 14 heavy (non-hydrogen) atoms. The number of ether oxygens (including phenoxy) is 1. The fourth-order valence-electron chi connectivity index (χ4n) is 1.56. The van der Waals surface area contributed by atoms with E-state index in [2.05, 4.69) is 5.32 Å². The van der Waals surface area contributed by atoms with E-state index in [1.54, 1.807) is 6.07 Å². The quantitative estimate of drug-likeness (QED) is 0.698. The first-order valence-corrected chi connectivity index (χ1v) is 4.47. The van der Waals surface area contributed by atoms with Crippen molar-refractivity contribution in [3.63, 3.8) is 0 Å². The Labute approximate surface area is 82.1 Å². The average Bonchev–Trinajstić information content (AvgIpc) is 2.49. The van der Waals surface area contributed by atoms with E-state index in [0.717, 1.165) is 5.56 Å². The number of carbonyl (C=O) groups excluding carboxylic acids is 1. The van der Waals surface area contributed by atoms with Gasteiger partial charge in [-0.15, -0.1) is 0 Å². The van der Waals surface area contributed by atoms with Crippen LogP contribution in [0.4, 0.5) is 5.69 Å². The molecule has 0 saturated heterocycles. The highest BCUT2D eigenvalue weighted by atomic mass is 16.5. The monoisotopic (exact) mass is 192 g/mol. The third kappa shape index (κ3) is 1.44. The predicted molar refractivity (Wildman–Crippen MR) is 53.2 cm³/mol. The molecule has 0 aliphatic carbocycles. The Hall–Kier alpha value is -1.55. The van der Waals surface area contributed by atoms with Crippen molar-refractivity contribution in [1.29, 1.82) is 0 Å². The van der Waals surface area contributed by atoms with Crippen molar-refractivity contribution in [1.82, 2.24) is 0 Å². The van der Waals surface area contributed by atoms with Crippen LogP contribution >= 0.6 is 0 Å². The molecule has 4 nitrogen and oxygen atoms in total. The van der Waals surface area contributed by atoms with Crippen molar-refractivity contribution in [2.24, 2.45) is 5.73 Å². The molecule has 0 fully saturated rings. The minimum absolute atomic E-state index is 0.0845. The van der Waals surface area contributed by atoms with E-state index in [-0.39, 0.29) is 11.9 Å². The van der Waals surface area contributed by atoms with Crippen LogP contribution < -0.4 is 15.8 Å². The second-order valence-corrected chi connectivity index (χ2v) is 3.32. The molecule has 1 aromatic carbocycles. The molecule has 3 N–H and O–H groups in total. The topological polar surface area (TPSA) is 64.3 Å². The summed E-state index contributed by atoms with van der Waals surface area (Å²) in [5.74, 6) is 0.595. The molecule has 0 saturated carbocycles. The molecule has 0 radical (unpaired) electrons. The highest BCUT2D eigenvalue weighted by Gasteiger charge is 2.23. The standard InChI is InChI=1S/C10H12N2O2/c1-6(13)12-9-4-2-3-7-8(11)5-14-10(7)9/h2-4,8H,5,11H2,1H3,(H,12,13). The van der Waals surface area contributed by atoms with Crippen LogP contribution in [0.1, 0.15) is 18.5 Å². The van der Waals surface area contributed by atoms with Crippen molar-refractivity contribution in [2.45, 2.75) is 13.0 Å². The maximum Gasteiger partial charge on any atom is 0.221 e. The SMILES string of the molecule is CC(=O)Nc1cccc2c1OCC2N. The molecule has 2 rings (SSSR count). The van der Waals surface area contributed by atoms with Crippen LogP contribution in [0.25, 0.3) is 0 Å². The fourth-order valence-corrected chi connectivity index (χ4v) is 1.56. The lowest BCUT2D eigenvalue weighted by molar-refractivity contribution is -0.114. The van der Waals surface area contributed by atoms with Crippen molar-refractivity contribution in [2.75, 3.05) is 11.9 Å². The third-order valence-electron chi connectivity index (χ3n) is 2.16. The maximum absolute atomic E-state index is 10.9. The third-order valence-corrected chi connectivity index (χ3v) is 2.16. The van der Waals surface area contributed by atoms with Gasteiger partial charge in [-0.05, 0) is 6.07 Å². The number of benzene rings is 1. The first-order chi connectivity index (χ1) is 6.68. The minimum atomic E-state index is -0.109. The maximum atomic E-state index is 10.9. The number of carbonyl (C=O) groups is 1. The number of rotatable bonds is 1. The Kier molecular flexibility index (Phi) is 2.13. The number of para-hydroxylation sites is 1. The molecule has 1 aliphatic heterocycles. The summed E-state index contributed by atoms with van der Waals surface area (Å²) in [5, 5.41) is 2.71. The van der Waals surface area contributed by atoms with E-state index in [0.29, 0.717) is 18.0 Å². The Balaban J connectivity index is 2.39. The number of anilines is 1. The van der Waals surface area contributed by atoms with Gasteiger partial charge in [0, 0.05) is 12.5 Å². The second-order valence-electron chi connectivity index (χ2n) is 3.32. The molecule has 4 heteroatoms. The van der Waals surface area contributed by atoms with Gasteiger partial charge in [-0.2, -0.15) is 0 Å². The molecular formula is C10H12N2O2. The number of hydrogen-bond donors (Lipinski definition) is 2. The summed E-state index contributed by atoms with van der Waals surface area (Å²) in [4.78, 5) is 10.9. The van der Waals surface area contributed by atoms with Crippen LogP contribution in [0.15, 0.2) is 18.2 Å². The molecule has 0 bridgehead atoms. The van der Waals surface area contributed by atoms with Gasteiger partial charge in [0.2, 0.25) is 5.91 Å². The van der Waals surface area contributed by atoms with Crippen LogP contribution in [-0.2, 0) is 4.79 Å². The van der Waals surface area contributed by atoms with E-state index < -0.39 is 0 Å². The van der Waals surface area contributed by atoms with Crippen LogP contribution in [-0.4, -0.2) is 12.5 Å². The van der Waals surface area contributed by atoms with E-state index >= 15 is 0 Å². The Morgan fingerprint density at radius 3 is 3.14 bits per heavy atom. The molecular weight excluding hydrogens is 180 g/mol. The number of hydrogen-bond acceptors (Lipinski definition) is 3. The number of nitrogens with one attached hydrogen (secondary N) is 1. The molecule has 1 heterocycles. The van der Waals surface area contributed by atoms with Gasteiger partial charge in [0.25, 0.3) is 0 Å². The summed E-state index contributed by atoms with van der Waals surface area (Å²) in [7, 11) is 0. The summed E-state index contributed by atoms with van der Waals surface area (Å²) >= 11 is 0. The molecule has 0 spiro atoms. The van der Waals surface area contributed by atoms with E-state index in [1.165, 1.54) is 6.92 Å². The van der Waals surface area contributed by atoms with Gasteiger partial charge in [-0.25, -0.2) is 0 Å². The normalized spacial score (nSPS) is 18.6. The van der Waals surface area contributed by atoms with Gasteiger partial charge in [0.05, 0.1) is 11.7 Å². The molecule has 1 amide bonds. The van der Waals surface area contributed by atoms with Gasteiger partial charge in [0.1, 0.15) is 12.4 Å². The molecule has 74 valence electrons. The zero-order valence-electron chi connectivity index (χ0n) is 7.91. The Morgan fingerprint density at radius 1 is 1.64 bits per heavy atom. The molecule has 1 aliphatic rings. The van der Waals surface area contributed by atoms with Crippen LogP contribution in [0.5, 0.6) is 5.75 Å². The van der Waals surface area contributed by atoms with Gasteiger partial charge in [0.15, 0.2) is 0 Å². The van der Waals surface area contributed by atoms with Crippen molar-refractivity contribution in [3.8, 4) is 5.75 Å². The summed E-state index contributed by atoms with van der Waals surface area (Å²) in [6.45, 7) is 1.94. The highest BCUT2D eigenvalue weighted by Crippen LogP contribution is 2.37. The number of nitrogens with two attached hydrogens (primary N) is 1. The zero-order valence-corrected chi connectivity index (χ0v) is 7.91. The van der Waals surface area contributed by atoms with Crippen LogP contribution in [0, 0.1) is 0 Å². The molecule has 1 unspecified atom stereocenters. The smallest absolute Gasteiger partial charge is 0.221 e. The zero-order chi connectivity index (χ0) is 10.1. The molecule has 1 aromatic rings. The van der Waals surface area contributed by atoms with Crippen LogP contribution in [0.2, 0.25) is 0 Å². The van der Waals surface area contributed by atoms with Crippen LogP contribution in [0.3, 0.4) is 0 Å². The summed E-state index contributed by atoms with van der Waals surface area (Å²) in [5.41, 5.74) is 7.46. The molecule has 1 atom stereocenters. The van der Waals surface area contributed by atoms with Crippen molar-refractivity contribution >= 4 is 11.6 Å². The highest BCUT2D eigenvalue weighted by molar-refractivity contribution is 5.90. The first kappa shape index (κ1) is 9.02. The summed E-state index contributed by atoms with van der Waals surface area (Å²) in [6, 6.07) is 5.49. The first-order valence-electron chi connectivity index (χ1n) is 4.47. The lowest BCUT2D eigenvalue weighted by atomic mass is 10.1. The summed E-state index contributed by atoms with van der Waals surface area (Å²) in [6.07, 6.45) is 0. The van der Waals surface area contributed by atoms with Crippen molar-refractivity contribution < 1.29 is 9.53 Å². The molecule has 0 aromatic heterocycles. The average molecular weight is 192 g/mol. The Bertz CT molecular complexity index is 376. The van der Waals surface area contributed by atoms with Crippen molar-refractivity contribution in [3.05, 3.63) is 23.8 Å². The number of amides is 1. The predicted octanol–water partition coefficient (Wildman–Crippen LogP) is 1.04. The lowest BCUT2D eigenvalue weighted by Gasteiger charge is -2.07. The van der Waals surface area contributed by atoms with Gasteiger partial charge >= 0.3 is 0 Å². The minimum Gasteiger partial charge on any atom is -0.489 e. The van der Waals surface area contributed by atoms with Gasteiger partial charge < -0.3 is 15.8 Å². The summed E-state index contributed by atoms with van der Waals surface area (Å²) < 4.78 is 5.40. The fraction of sp³-hybridized carbons (Fsp3) is 0.300. The lowest BCUT2D eigenvalue weighted by Crippen LogP contribution is -2.10. The second kappa shape index (κ2) is 3.31. The van der Waals surface area contributed by atoms with Gasteiger partial charge in [-0.3, -0.25) is 4.79 Å². The largest absolute Gasteiger partial charge is 0.489 e. The van der Waals surface area contributed by atoms with Gasteiger partial charge in [-0.1, -0.05) is 12.1 Å². The van der Waals surface area contributed by atoms with E-state index in [4.69, 9.17) is 10.5 Å². The Morgan fingerprint density at radius 2 is 2.43 bits per heavy atom. The van der Waals surface area contributed by atoms with E-state index in [1.807, 2.05) is 12.1 Å².